The molecular weight excluding hydrogens is 420 g/mol. The van der Waals surface area contributed by atoms with Crippen molar-refractivity contribution in [2.45, 2.75) is 52.3 Å². The minimum atomic E-state index is -4.55. The lowest BCUT2D eigenvalue weighted by Gasteiger charge is -2.37. The zero-order valence-corrected chi connectivity index (χ0v) is 17.8. The fourth-order valence-corrected chi connectivity index (χ4v) is 4.27. The smallest absolute Gasteiger partial charge is 0.374 e. The second kappa shape index (κ2) is 9.39. The molecule has 0 bridgehead atoms. The van der Waals surface area contributed by atoms with E-state index in [0.717, 1.165) is 25.3 Å². The summed E-state index contributed by atoms with van der Waals surface area (Å²) in [5.41, 5.74) is -0.948. The van der Waals surface area contributed by atoms with E-state index in [1.807, 2.05) is 0 Å². The average molecular weight is 444 g/mol. The van der Waals surface area contributed by atoms with E-state index in [4.69, 9.17) is 39.5 Å². The predicted molar refractivity (Wildman–Crippen MR) is 107 cm³/mol. The number of rotatable bonds is 5. The lowest BCUT2D eigenvalue weighted by atomic mass is 9.75. The summed E-state index contributed by atoms with van der Waals surface area (Å²) in [6, 6.07) is 2.35. The molecular formula is C20H24Cl3F3O. The highest BCUT2D eigenvalue weighted by Gasteiger charge is 2.36. The molecule has 0 heterocycles. The predicted octanol–water partition coefficient (Wildman–Crippen LogP) is 8.07. The lowest BCUT2D eigenvalue weighted by molar-refractivity contribution is -0.0702. The summed E-state index contributed by atoms with van der Waals surface area (Å²) in [6.07, 6.45) is -0.475. The summed E-state index contributed by atoms with van der Waals surface area (Å²) in [5.74, 6) is 1.32. The van der Waals surface area contributed by atoms with Crippen LogP contribution >= 0.6 is 34.8 Å². The molecule has 3 atom stereocenters. The van der Waals surface area contributed by atoms with E-state index < -0.39 is 11.7 Å². The summed E-state index contributed by atoms with van der Waals surface area (Å²) >= 11 is 17.6. The van der Waals surface area contributed by atoms with Gasteiger partial charge in [0.1, 0.15) is 0 Å². The highest BCUT2D eigenvalue weighted by molar-refractivity contribution is 6.48. The summed E-state index contributed by atoms with van der Waals surface area (Å²) in [5, 5.41) is 0.00301. The number of hydrogen-bond acceptors (Lipinski definition) is 1. The number of allylic oxidation sites excluding steroid dienone is 1. The van der Waals surface area contributed by atoms with Crippen LogP contribution in [0.3, 0.4) is 0 Å². The van der Waals surface area contributed by atoms with Crippen LogP contribution in [0, 0.1) is 17.8 Å². The Balaban J connectivity index is 2.21. The largest absolute Gasteiger partial charge is 0.416 e. The van der Waals surface area contributed by atoms with Crippen LogP contribution in [0.25, 0.3) is 5.57 Å². The van der Waals surface area contributed by atoms with E-state index in [2.05, 4.69) is 20.8 Å². The van der Waals surface area contributed by atoms with Crippen LogP contribution in [0.4, 0.5) is 13.2 Å². The molecule has 1 aromatic carbocycles. The van der Waals surface area contributed by atoms with Gasteiger partial charge in [0.25, 0.3) is 0 Å². The molecule has 1 nitrogen and oxygen atoms in total. The fourth-order valence-electron chi connectivity index (χ4n) is 3.67. The Kier molecular flexibility index (Phi) is 7.95. The van der Waals surface area contributed by atoms with E-state index in [9.17, 15) is 13.2 Å². The van der Waals surface area contributed by atoms with Crippen molar-refractivity contribution in [1.82, 2.24) is 0 Å². The van der Waals surface area contributed by atoms with Gasteiger partial charge in [0, 0.05) is 0 Å². The molecule has 0 amide bonds. The fraction of sp³-hybridized carbons (Fsp3) is 0.600. The van der Waals surface area contributed by atoms with Crippen LogP contribution in [0.5, 0.6) is 0 Å². The van der Waals surface area contributed by atoms with Crippen molar-refractivity contribution < 1.29 is 17.9 Å². The van der Waals surface area contributed by atoms with Crippen molar-refractivity contribution in [2.75, 3.05) is 6.61 Å². The highest BCUT2D eigenvalue weighted by atomic mass is 35.5. The van der Waals surface area contributed by atoms with E-state index >= 15 is 0 Å². The van der Waals surface area contributed by atoms with Gasteiger partial charge in [-0.25, -0.2) is 0 Å². The third-order valence-electron chi connectivity index (χ3n) is 5.16. The zero-order chi connectivity index (χ0) is 20.4. The first-order chi connectivity index (χ1) is 12.5. The molecule has 0 spiro atoms. The third kappa shape index (κ3) is 6.03. The van der Waals surface area contributed by atoms with Gasteiger partial charge in [-0.05, 0) is 54.4 Å². The van der Waals surface area contributed by atoms with E-state index in [0.29, 0.717) is 17.8 Å². The maximum Gasteiger partial charge on any atom is 0.416 e. The Morgan fingerprint density at radius 1 is 1.19 bits per heavy atom. The van der Waals surface area contributed by atoms with E-state index in [-0.39, 0.29) is 33.3 Å². The van der Waals surface area contributed by atoms with Crippen molar-refractivity contribution in [2.24, 2.45) is 17.8 Å². The Morgan fingerprint density at radius 2 is 1.78 bits per heavy atom. The molecule has 0 N–H and O–H groups in total. The number of hydrogen-bond donors (Lipinski definition) is 0. The first kappa shape index (κ1) is 22.9. The topological polar surface area (TPSA) is 9.23 Å². The maximum atomic E-state index is 13.6. The molecule has 1 aliphatic rings. The quantitative estimate of drug-likeness (QED) is 0.418. The molecule has 0 radical (unpaired) electrons. The molecule has 3 unspecified atom stereocenters. The zero-order valence-electron chi connectivity index (χ0n) is 15.5. The molecule has 1 fully saturated rings. The van der Waals surface area contributed by atoms with Crippen molar-refractivity contribution in [3.8, 4) is 0 Å². The standard InChI is InChI=1S/C20H24Cl3F3O/c1-11(2)14-5-4-12(3)8-18(14)27-7-6-15(20(24,25)26)13-9-16(21)19(23)17(22)10-13/h6,9-12,14,18H,4-5,7-8H2,1-3H3. The normalized spacial score (nSPS) is 24.5. The lowest BCUT2D eigenvalue weighted by Crippen LogP contribution is -2.34. The Bertz CT molecular complexity index is 663. The number of ether oxygens (including phenoxy) is 1. The first-order valence-electron chi connectivity index (χ1n) is 9.04. The second-order valence-corrected chi connectivity index (χ2v) is 8.76. The molecule has 1 aromatic rings. The molecule has 1 saturated carbocycles. The summed E-state index contributed by atoms with van der Waals surface area (Å²) in [7, 11) is 0. The van der Waals surface area contributed by atoms with Gasteiger partial charge < -0.3 is 4.74 Å². The van der Waals surface area contributed by atoms with Gasteiger partial charge in [0.2, 0.25) is 0 Å². The SMILES string of the molecule is CC1CCC(C(C)C)C(OCC=C(c2cc(Cl)c(Cl)c(Cl)c2)C(F)(F)F)C1. The average Bonchev–Trinajstić information content (AvgIpc) is 2.54. The number of benzene rings is 1. The Hall–Kier alpha value is -0.420. The van der Waals surface area contributed by atoms with Gasteiger partial charge in [0.05, 0.1) is 33.4 Å². The minimum absolute atomic E-state index is 0.0174. The Labute approximate surface area is 173 Å². The Morgan fingerprint density at radius 3 is 2.30 bits per heavy atom. The van der Waals surface area contributed by atoms with Crippen LogP contribution < -0.4 is 0 Å². The van der Waals surface area contributed by atoms with Gasteiger partial charge in [-0.2, -0.15) is 13.2 Å². The highest BCUT2D eigenvalue weighted by Crippen LogP contribution is 2.40. The molecule has 0 saturated heterocycles. The molecule has 1 aliphatic carbocycles. The van der Waals surface area contributed by atoms with Crippen molar-refractivity contribution in [3.05, 3.63) is 38.8 Å². The number of halogens is 6. The molecule has 2 rings (SSSR count). The molecule has 152 valence electrons. The van der Waals surface area contributed by atoms with Gasteiger partial charge in [0.15, 0.2) is 0 Å². The van der Waals surface area contributed by atoms with Crippen LogP contribution in [0.2, 0.25) is 15.1 Å². The van der Waals surface area contributed by atoms with Crippen LogP contribution in [0.15, 0.2) is 18.2 Å². The molecule has 7 heteroatoms. The maximum absolute atomic E-state index is 13.6. The molecule has 0 aliphatic heterocycles. The second-order valence-electron chi connectivity index (χ2n) is 7.57. The van der Waals surface area contributed by atoms with Gasteiger partial charge >= 0.3 is 6.18 Å². The summed E-state index contributed by atoms with van der Waals surface area (Å²) in [6.45, 7) is 6.30. The van der Waals surface area contributed by atoms with Crippen LogP contribution in [-0.2, 0) is 4.74 Å². The monoisotopic (exact) mass is 442 g/mol. The summed E-state index contributed by atoms with van der Waals surface area (Å²) in [4.78, 5) is 0. The van der Waals surface area contributed by atoms with Crippen molar-refractivity contribution in [1.29, 1.82) is 0 Å². The van der Waals surface area contributed by atoms with Crippen molar-refractivity contribution in [3.63, 3.8) is 0 Å². The van der Waals surface area contributed by atoms with E-state index in [1.165, 1.54) is 12.1 Å². The minimum Gasteiger partial charge on any atom is -0.374 e. The van der Waals surface area contributed by atoms with Gasteiger partial charge in [-0.15, -0.1) is 0 Å². The van der Waals surface area contributed by atoms with Crippen molar-refractivity contribution >= 4 is 40.4 Å². The van der Waals surface area contributed by atoms with Gasteiger partial charge in [-0.3, -0.25) is 0 Å². The number of alkyl halides is 3. The third-order valence-corrected chi connectivity index (χ3v) is 6.36. The summed E-state index contributed by atoms with van der Waals surface area (Å²) < 4.78 is 46.6. The molecule has 27 heavy (non-hydrogen) atoms. The molecule has 0 aromatic heterocycles. The van der Waals surface area contributed by atoms with Crippen LogP contribution in [0.1, 0.15) is 45.6 Å². The first-order valence-corrected chi connectivity index (χ1v) is 10.2. The van der Waals surface area contributed by atoms with Gasteiger partial charge in [-0.1, -0.05) is 62.0 Å². The van der Waals surface area contributed by atoms with Crippen LogP contribution in [-0.4, -0.2) is 18.9 Å². The van der Waals surface area contributed by atoms with E-state index in [1.54, 1.807) is 0 Å².